The van der Waals surface area contributed by atoms with E-state index in [2.05, 4.69) is 22.7 Å². The highest BCUT2D eigenvalue weighted by molar-refractivity contribution is 5.95. The lowest BCUT2D eigenvalue weighted by Gasteiger charge is -2.30. The highest BCUT2D eigenvalue weighted by Gasteiger charge is 2.31. The predicted molar refractivity (Wildman–Crippen MR) is 91.2 cm³/mol. The maximum atomic E-state index is 12.9. The molecule has 2 heterocycles. The van der Waals surface area contributed by atoms with Crippen molar-refractivity contribution < 1.29 is 18.0 Å². The van der Waals surface area contributed by atoms with Crippen molar-refractivity contribution in [1.29, 1.82) is 0 Å². The van der Waals surface area contributed by atoms with E-state index in [1.807, 2.05) is 0 Å². The molecule has 0 saturated carbocycles. The van der Waals surface area contributed by atoms with Crippen LogP contribution in [0.15, 0.2) is 30.5 Å². The van der Waals surface area contributed by atoms with Crippen LogP contribution in [0, 0.1) is 12.8 Å². The Bertz CT molecular complexity index is 800. The zero-order chi connectivity index (χ0) is 18.9. The molecule has 0 radical (unpaired) electrons. The number of alkyl halides is 3. The number of nitrogens with one attached hydrogen (secondary N) is 2. The lowest BCUT2D eigenvalue weighted by molar-refractivity contribution is -0.137. The third kappa shape index (κ3) is 3.75. The fourth-order valence-electron chi connectivity index (χ4n) is 3.14. The summed E-state index contributed by atoms with van der Waals surface area (Å²) < 4.78 is 40.1. The standard InChI is InChI=1S/C18H21F3N4O/c1-11-6-7-22-10-16(11)24-17(26)15-9-23-25(12(15)2)14-5-3-4-13(8-14)18(19,20)21/h3-5,8-9,11,16,22H,6-7,10H2,1-2H3,(H,24,26). The molecule has 0 bridgehead atoms. The summed E-state index contributed by atoms with van der Waals surface area (Å²) in [5.41, 5.74) is 0.375. The lowest BCUT2D eigenvalue weighted by atomic mass is 9.94. The molecule has 3 rings (SSSR count). The van der Waals surface area contributed by atoms with Gasteiger partial charge in [0, 0.05) is 12.6 Å². The first-order valence-corrected chi connectivity index (χ1v) is 8.51. The zero-order valence-electron chi connectivity index (χ0n) is 14.6. The van der Waals surface area contributed by atoms with Gasteiger partial charge in [0.2, 0.25) is 0 Å². The second-order valence-electron chi connectivity index (χ2n) is 6.65. The molecule has 1 aromatic heterocycles. The predicted octanol–water partition coefficient (Wildman–Crippen LogP) is 2.93. The van der Waals surface area contributed by atoms with E-state index < -0.39 is 11.7 Å². The summed E-state index contributed by atoms with van der Waals surface area (Å²) in [6.45, 7) is 5.39. The number of piperidine rings is 1. The van der Waals surface area contributed by atoms with Crippen molar-refractivity contribution in [1.82, 2.24) is 20.4 Å². The molecule has 1 aliphatic rings. The first kappa shape index (κ1) is 18.4. The van der Waals surface area contributed by atoms with Crippen molar-refractivity contribution >= 4 is 5.91 Å². The summed E-state index contributed by atoms with van der Waals surface area (Å²) in [7, 11) is 0. The van der Waals surface area contributed by atoms with E-state index in [4.69, 9.17) is 0 Å². The molecular formula is C18H21F3N4O. The fourth-order valence-corrected chi connectivity index (χ4v) is 3.14. The number of amides is 1. The van der Waals surface area contributed by atoms with Gasteiger partial charge in [-0.2, -0.15) is 18.3 Å². The lowest BCUT2D eigenvalue weighted by Crippen LogP contribution is -2.50. The molecule has 1 aliphatic heterocycles. The smallest absolute Gasteiger partial charge is 0.348 e. The fraction of sp³-hybridized carbons (Fsp3) is 0.444. The third-order valence-corrected chi connectivity index (χ3v) is 4.82. The molecule has 0 aliphatic carbocycles. The number of hydrogen-bond donors (Lipinski definition) is 2. The first-order valence-electron chi connectivity index (χ1n) is 8.51. The second-order valence-corrected chi connectivity index (χ2v) is 6.65. The Balaban J connectivity index is 1.83. The first-order chi connectivity index (χ1) is 12.3. The molecule has 1 fully saturated rings. The van der Waals surface area contributed by atoms with Gasteiger partial charge in [-0.1, -0.05) is 13.0 Å². The molecule has 2 N–H and O–H groups in total. The molecule has 8 heteroatoms. The van der Waals surface area contributed by atoms with Crippen molar-refractivity contribution in [2.75, 3.05) is 13.1 Å². The zero-order valence-corrected chi connectivity index (χ0v) is 14.6. The highest BCUT2D eigenvalue weighted by Crippen LogP contribution is 2.30. The third-order valence-electron chi connectivity index (χ3n) is 4.82. The summed E-state index contributed by atoms with van der Waals surface area (Å²) in [6, 6.07) is 4.91. The molecule has 2 unspecified atom stereocenters. The van der Waals surface area contributed by atoms with Gasteiger partial charge in [-0.05, 0) is 44.0 Å². The Kier molecular flexibility index (Phi) is 5.04. The van der Waals surface area contributed by atoms with E-state index in [1.54, 1.807) is 6.92 Å². The van der Waals surface area contributed by atoms with Gasteiger partial charge >= 0.3 is 6.18 Å². The van der Waals surface area contributed by atoms with Crippen LogP contribution in [0.5, 0.6) is 0 Å². The second kappa shape index (κ2) is 7.11. The highest BCUT2D eigenvalue weighted by atomic mass is 19.4. The number of hydrogen-bond acceptors (Lipinski definition) is 3. The van der Waals surface area contributed by atoms with Crippen LogP contribution in [0.25, 0.3) is 5.69 Å². The van der Waals surface area contributed by atoms with Crippen LogP contribution < -0.4 is 10.6 Å². The van der Waals surface area contributed by atoms with Crippen LogP contribution in [0.3, 0.4) is 0 Å². The molecule has 0 spiro atoms. The molecule has 26 heavy (non-hydrogen) atoms. The van der Waals surface area contributed by atoms with Crippen LogP contribution in [0.4, 0.5) is 13.2 Å². The average Bonchev–Trinajstić information content (AvgIpc) is 2.98. The number of rotatable bonds is 3. The van der Waals surface area contributed by atoms with Gasteiger partial charge in [-0.15, -0.1) is 0 Å². The van der Waals surface area contributed by atoms with Crippen molar-refractivity contribution in [3.05, 3.63) is 47.3 Å². The van der Waals surface area contributed by atoms with Gasteiger partial charge in [0.15, 0.2) is 0 Å². The van der Waals surface area contributed by atoms with Crippen LogP contribution in [-0.2, 0) is 6.18 Å². The topological polar surface area (TPSA) is 59.0 Å². The molecule has 5 nitrogen and oxygen atoms in total. The number of aromatic nitrogens is 2. The molecule has 2 atom stereocenters. The Hall–Kier alpha value is -2.35. The van der Waals surface area contributed by atoms with Gasteiger partial charge in [-0.3, -0.25) is 4.79 Å². The minimum absolute atomic E-state index is 0.0209. The monoisotopic (exact) mass is 366 g/mol. The summed E-state index contributed by atoms with van der Waals surface area (Å²) >= 11 is 0. The molecule has 1 saturated heterocycles. The summed E-state index contributed by atoms with van der Waals surface area (Å²) in [4.78, 5) is 12.6. The molecule has 2 aromatic rings. The minimum atomic E-state index is -4.43. The molecular weight excluding hydrogens is 345 g/mol. The Morgan fingerprint density at radius 2 is 2.15 bits per heavy atom. The molecule has 1 aromatic carbocycles. The van der Waals surface area contributed by atoms with E-state index in [1.165, 1.54) is 23.0 Å². The van der Waals surface area contributed by atoms with E-state index in [0.29, 0.717) is 23.7 Å². The van der Waals surface area contributed by atoms with E-state index in [0.717, 1.165) is 25.1 Å². The van der Waals surface area contributed by atoms with Crippen molar-refractivity contribution in [3.8, 4) is 5.69 Å². The number of nitrogens with zero attached hydrogens (tertiary/aromatic N) is 2. The van der Waals surface area contributed by atoms with Gasteiger partial charge in [-0.25, -0.2) is 4.68 Å². The SMILES string of the molecule is Cc1c(C(=O)NC2CNCCC2C)cnn1-c1cccc(C(F)(F)F)c1. The largest absolute Gasteiger partial charge is 0.416 e. The van der Waals surface area contributed by atoms with Crippen molar-refractivity contribution in [2.45, 2.75) is 32.5 Å². The van der Waals surface area contributed by atoms with Gasteiger partial charge in [0.25, 0.3) is 5.91 Å². The Morgan fingerprint density at radius 3 is 2.85 bits per heavy atom. The summed E-state index contributed by atoms with van der Waals surface area (Å²) in [5.74, 6) is 0.0975. The normalized spacial score (nSPS) is 20.8. The van der Waals surface area contributed by atoms with Crippen molar-refractivity contribution in [3.63, 3.8) is 0 Å². The maximum Gasteiger partial charge on any atom is 0.416 e. The molecule has 140 valence electrons. The number of halogens is 3. The summed E-state index contributed by atoms with van der Waals surface area (Å²) in [6.07, 6.45) is -2.05. The van der Waals surface area contributed by atoms with Gasteiger partial charge < -0.3 is 10.6 Å². The Labute approximate surface area is 149 Å². The number of benzene rings is 1. The minimum Gasteiger partial charge on any atom is -0.348 e. The van der Waals surface area contributed by atoms with E-state index in [9.17, 15) is 18.0 Å². The number of carbonyl (C=O) groups excluding carboxylic acids is 1. The van der Waals surface area contributed by atoms with E-state index in [-0.39, 0.29) is 17.6 Å². The Morgan fingerprint density at radius 1 is 1.38 bits per heavy atom. The van der Waals surface area contributed by atoms with Crippen LogP contribution in [0.2, 0.25) is 0 Å². The average molecular weight is 366 g/mol. The maximum absolute atomic E-state index is 12.9. The number of carbonyl (C=O) groups is 1. The van der Waals surface area contributed by atoms with Crippen molar-refractivity contribution in [2.24, 2.45) is 5.92 Å². The van der Waals surface area contributed by atoms with Crippen LogP contribution in [0.1, 0.15) is 35.0 Å². The van der Waals surface area contributed by atoms with Gasteiger partial charge in [0.05, 0.1) is 28.7 Å². The quantitative estimate of drug-likeness (QED) is 0.878. The van der Waals surface area contributed by atoms with E-state index >= 15 is 0 Å². The van der Waals surface area contributed by atoms with Crippen LogP contribution >= 0.6 is 0 Å². The van der Waals surface area contributed by atoms with Gasteiger partial charge in [0.1, 0.15) is 0 Å². The van der Waals surface area contributed by atoms with Crippen LogP contribution in [-0.4, -0.2) is 34.8 Å². The summed E-state index contributed by atoms with van der Waals surface area (Å²) in [5, 5.41) is 10.4. The molecule has 1 amide bonds.